The van der Waals surface area contributed by atoms with Gasteiger partial charge in [-0.3, -0.25) is 4.79 Å². The fourth-order valence-corrected chi connectivity index (χ4v) is 4.72. The second-order valence-corrected chi connectivity index (χ2v) is 7.61. The molecule has 134 valence electrons. The Bertz CT molecular complexity index is 848. The first kappa shape index (κ1) is 19.7. The standard InChI is InChI=1S/C13H11NOS2.C6H8N2O/c1-10-6-8-11(9-7-10)14-16-12-4-2-3-5-13(12)17(14)15;1-3-4-6(7-2)8-5-9/h2-9H,1H3;3-5H,1-2H2,(H,8,9)/b;6-4+. The van der Waals surface area contributed by atoms with Crippen LogP contribution in [0.2, 0.25) is 0 Å². The Kier molecular flexibility index (Phi) is 7.37. The highest BCUT2D eigenvalue weighted by Gasteiger charge is 2.28. The molecule has 0 aromatic heterocycles. The zero-order valence-corrected chi connectivity index (χ0v) is 15.9. The SMILES string of the molecule is C=C/C=C(\N=C)NC=O.Cc1ccc(N2Sc3ccccc3S2=O)cc1. The van der Waals surface area contributed by atoms with Crippen molar-refractivity contribution < 1.29 is 9.00 Å². The molecule has 1 aliphatic heterocycles. The molecule has 0 aliphatic carbocycles. The molecule has 1 heterocycles. The number of amides is 1. The van der Waals surface area contributed by atoms with Crippen LogP contribution in [0.1, 0.15) is 5.56 Å². The molecule has 2 aromatic rings. The first-order chi connectivity index (χ1) is 12.6. The predicted molar refractivity (Wildman–Crippen MR) is 109 cm³/mol. The number of aryl methyl sites for hydroxylation is 1. The second-order valence-electron chi connectivity index (χ2n) is 5.09. The summed E-state index contributed by atoms with van der Waals surface area (Å²) in [6.07, 6.45) is 3.59. The highest BCUT2D eigenvalue weighted by molar-refractivity contribution is 8.14. The van der Waals surface area contributed by atoms with Gasteiger partial charge in [0.2, 0.25) is 6.41 Å². The Morgan fingerprint density at radius 1 is 1.23 bits per heavy atom. The van der Waals surface area contributed by atoms with Crippen LogP contribution in [0.25, 0.3) is 0 Å². The van der Waals surface area contributed by atoms with E-state index in [0.29, 0.717) is 12.2 Å². The lowest BCUT2D eigenvalue weighted by Crippen LogP contribution is -2.11. The van der Waals surface area contributed by atoms with E-state index >= 15 is 0 Å². The Labute approximate surface area is 160 Å². The van der Waals surface area contributed by atoms with Gasteiger partial charge in [0.25, 0.3) is 0 Å². The van der Waals surface area contributed by atoms with Crippen LogP contribution in [-0.4, -0.2) is 17.3 Å². The van der Waals surface area contributed by atoms with Gasteiger partial charge in [-0.25, -0.2) is 12.9 Å². The van der Waals surface area contributed by atoms with Gasteiger partial charge in [-0.1, -0.05) is 42.5 Å². The molecule has 1 unspecified atom stereocenters. The molecule has 0 radical (unpaired) electrons. The Hall–Kier alpha value is -2.64. The minimum Gasteiger partial charge on any atom is -0.313 e. The molecule has 26 heavy (non-hydrogen) atoms. The van der Waals surface area contributed by atoms with Gasteiger partial charge >= 0.3 is 0 Å². The quantitative estimate of drug-likeness (QED) is 0.366. The number of nitrogens with one attached hydrogen (secondary N) is 1. The van der Waals surface area contributed by atoms with Crippen LogP contribution in [-0.2, 0) is 15.8 Å². The van der Waals surface area contributed by atoms with Crippen molar-refractivity contribution in [1.29, 1.82) is 0 Å². The number of anilines is 1. The van der Waals surface area contributed by atoms with Gasteiger partial charge in [-0.15, -0.1) is 0 Å². The van der Waals surface area contributed by atoms with Crippen molar-refractivity contribution in [3.63, 3.8) is 0 Å². The molecule has 1 aliphatic rings. The summed E-state index contributed by atoms with van der Waals surface area (Å²) < 4.78 is 14.1. The largest absolute Gasteiger partial charge is 0.313 e. The maximum Gasteiger partial charge on any atom is 0.212 e. The third-order valence-electron chi connectivity index (χ3n) is 3.27. The van der Waals surface area contributed by atoms with E-state index in [9.17, 15) is 9.00 Å². The van der Waals surface area contributed by atoms with Crippen molar-refractivity contribution in [1.82, 2.24) is 5.32 Å². The topological polar surface area (TPSA) is 61.8 Å². The molecule has 0 bridgehead atoms. The number of rotatable bonds is 5. The number of nitrogens with zero attached hydrogens (tertiary/aromatic N) is 2. The van der Waals surface area contributed by atoms with Crippen molar-refractivity contribution >= 4 is 41.7 Å². The van der Waals surface area contributed by atoms with Crippen LogP contribution < -0.4 is 9.03 Å². The first-order valence-electron chi connectivity index (χ1n) is 7.66. The summed E-state index contributed by atoms with van der Waals surface area (Å²) in [5.74, 6) is 0.403. The summed E-state index contributed by atoms with van der Waals surface area (Å²) in [4.78, 5) is 15.2. The molecule has 7 heteroatoms. The van der Waals surface area contributed by atoms with Gasteiger partial charge in [0.05, 0.1) is 10.6 Å². The van der Waals surface area contributed by atoms with Gasteiger partial charge in [0.1, 0.15) is 5.82 Å². The predicted octanol–water partition coefficient (Wildman–Crippen LogP) is 4.01. The first-order valence-corrected chi connectivity index (χ1v) is 9.54. The number of benzene rings is 2. The van der Waals surface area contributed by atoms with Crippen molar-refractivity contribution in [3.8, 4) is 0 Å². The average molecular weight is 386 g/mol. The molecule has 0 fully saturated rings. The number of allylic oxidation sites excluding steroid dienone is 2. The number of carbonyl (C=O) groups excluding carboxylic acids is 1. The summed E-state index contributed by atoms with van der Waals surface area (Å²) in [5.41, 5.74) is 2.19. The lowest BCUT2D eigenvalue weighted by Gasteiger charge is -2.14. The normalized spacial score (nSPS) is 15.3. The fourth-order valence-electron chi connectivity index (χ4n) is 2.02. The lowest BCUT2D eigenvalue weighted by atomic mass is 10.2. The third kappa shape index (κ3) is 4.93. The number of hydrogen-bond donors (Lipinski definition) is 1. The van der Waals surface area contributed by atoms with E-state index in [1.54, 1.807) is 6.08 Å². The Morgan fingerprint density at radius 3 is 2.50 bits per heavy atom. The average Bonchev–Trinajstić information content (AvgIpc) is 3.00. The summed E-state index contributed by atoms with van der Waals surface area (Å²) in [7, 11) is -1.10. The molecule has 1 atom stereocenters. The summed E-state index contributed by atoms with van der Waals surface area (Å²) in [6, 6.07) is 15.9. The van der Waals surface area contributed by atoms with Crippen LogP contribution in [0.15, 0.2) is 87.9 Å². The van der Waals surface area contributed by atoms with Crippen LogP contribution in [0, 0.1) is 6.92 Å². The summed E-state index contributed by atoms with van der Waals surface area (Å²) in [6.45, 7) is 8.67. The van der Waals surface area contributed by atoms with E-state index in [4.69, 9.17) is 0 Å². The van der Waals surface area contributed by atoms with Crippen LogP contribution in [0.5, 0.6) is 0 Å². The second kappa shape index (κ2) is 9.74. The van der Waals surface area contributed by atoms with Crippen molar-refractivity contribution in [2.45, 2.75) is 16.7 Å². The summed E-state index contributed by atoms with van der Waals surface area (Å²) in [5, 5.41) is 2.31. The van der Waals surface area contributed by atoms with Crippen LogP contribution in [0.4, 0.5) is 5.69 Å². The molecular weight excluding hydrogens is 366 g/mol. The van der Waals surface area contributed by atoms with E-state index in [1.807, 2.05) is 59.2 Å². The monoisotopic (exact) mass is 385 g/mol. The molecule has 1 N–H and O–H groups in total. The molecule has 0 spiro atoms. The fraction of sp³-hybridized carbons (Fsp3) is 0.0526. The van der Waals surface area contributed by atoms with E-state index < -0.39 is 11.0 Å². The Morgan fingerprint density at radius 2 is 1.92 bits per heavy atom. The number of hydrogen-bond acceptors (Lipinski definition) is 4. The van der Waals surface area contributed by atoms with Gasteiger partial charge in [-0.2, -0.15) is 0 Å². The smallest absolute Gasteiger partial charge is 0.212 e. The molecule has 5 nitrogen and oxygen atoms in total. The molecule has 1 amide bonds. The zero-order valence-electron chi connectivity index (χ0n) is 14.3. The van der Waals surface area contributed by atoms with Gasteiger partial charge < -0.3 is 5.32 Å². The van der Waals surface area contributed by atoms with E-state index in [0.717, 1.165) is 15.5 Å². The van der Waals surface area contributed by atoms with Crippen molar-refractivity contribution in [3.05, 3.63) is 78.6 Å². The molecule has 3 rings (SSSR count). The summed E-state index contributed by atoms with van der Waals surface area (Å²) >= 11 is 1.54. The van der Waals surface area contributed by atoms with Crippen molar-refractivity contribution in [2.75, 3.05) is 3.71 Å². The minimum atomic E-state index is -1.10. The Balaban J connectivity index is 0.000000232. The van der Waals surface area contributed by atoms with E-state index in [-0.39, 0.29) is 0 Å². The van der Waals surface area contributed by atoms with Gasteiger partial charge in [0.15, 0.2) is 11.0 Å². The minimum absolute atomic E-state index is 0.403. The lowest BCUT2D eigenvalue weighted by molar-refractivity contribution is -0.108. The maximum absolute atomic E-state index is 12.3. The molecular formula is C19H19N3O2S2. The van der Waals surface area contributed by atoms with Crippen LogP contribution >= 0.6 is 11.9 Å². The van der Waals surface area contributed by atoms with Crippen LogP contribution in [0.3, 0.4) is 0 Å². The zero-order chi connectivity index (χ0) is 18.9. The highest BCUT2D eigenvalue weighted by atomic mass is 32.2. The van der Waals surface area contributed by atoms with E-state index in [2.05, 4.69) is 23.6 Å². The number of fused-ring (bicyclic) bond motifs is 1. The molecule has 0 saturated carbocycles. The number of carbonyl (C=O) groups is 1. The number of aliphatic imine (C=N–C) groups is 1. The van der Waals surface area contributed by atoms with Gasteiger partial charge in [0, 0.05) is 16.8 Å². The van der Waals surface area contributed by atoms with E-state index in [1.165, 1.54) is 23.6 Å². The third-order valence-corrected chi connectivity index (χ3v) is 6.20. The molecule has 2 aromatic carbocycles. The highest BCUT2D eigenvalue weighted by Crippen LogP contribution is 2.42. The maximum atomic E-state index is 12.3. The van der Waals surface area contributed by atoms with Gasteiger partial charge in [-0.05, 0) is 44.0 Å². The molecule has 0 saturated heterocycles. The van der Waals surface area contributed by atoms with Crippen molar-refractivity contribution in [2.24, 2.45) is 4.99 Å².